The highest BCUT2D eigenvalue weighted by Crippen LogP contribution is 2.18. The van der Waals surface area contributed by atoms with Crippen LogP contribution in [0.15, 0.2) is 0 Å². The van der Waals surface area contributed by atoms with Crippen molar-refractivity contribution < 1.29 is 24.0 Å². The Balaban J connectivity index is 4.01. The largest absolute Gasteiger partial charge is 0.378 e. The summed E-state index contributed by atoms with van der Waals surface area (Å²) in [4.78, 5) is 38.6. The Labute approximate surface area is 133 Å². The first-order valence-corrected chi connectivity index (χ1v) is 7.79. The van der Waals surface area contributed by atoms with Crippen molar-refractivity contribution in [2.45, 2.75) is 72.8 Å². The molecule has 0 fully saturated rings. The molecule has 0 saturated heterocycles. The Kier molecular flexibility index (Phi) is 9.65. The van der Waals surface area contributed by atoms with Crippen LogP contribution in [0.2, 0.25) is 0 Å². The summed E-state index contributed by atoms with van der Waals surface area (Å²) in [5, 5.41) is 0.469. The van der Waals surface area contributed by atoms with Crippen molar-refractivity contribution in [1.29, 1.82) is 0 Å². The zero-order valence-electron chi connectivity index (χ0n) is 14.4. The second-order valence-electron chi connectivity index (χ2n) is 6.57. The maximum Gasteiger partial charge on any atom is 0.333 e. The zero-order chi connectivity index (χ0) is 17.2. The van der Waals surface area contributed by atoms with Gasteiger partial charge in [-0.25, -0.2) is 4.79 Å². The van der Waals surface area contributed by atoms with Crippen molar-refractivity contribution in [2.24, 2.45) is 5.41 Å². The third-order valence-corrected chi connectivity index (χ3v) is 3.01. The van der Waals surface area contributed by atoms with Crippen LogP contribution < -0.4 is 0 Å². The molecule has 1 unspecified atom stereocenters. The van der Waals surface area contributed by atoms with E-state index in [2.05, 4.69) is 20.8 Å². The van der Waals surface area contributed by atoms with Crippen molar-refractivity contribution in [3.8, 4) is 0 Å². The van der Waals surface area contributed by atoms with Gasteiger partial charge in [0.05, 0.1) is 12.5 Å². The van der Waals surface area contributed by atoms with E-state index in [1.165, 1.54) is 0 Å². The molecule has 0 aliphatic rings. The molecule has 0 rings (SSSR count). The maximum absolute atomic E-state index is 11.6. The summed E-state index contributed by atoms with van der Waals surface area (Å²) < 4.78 is 5.63. The van der Waals surface area contributed by atoms with Crippen molar-refractivity contribution in [2.75, 3.05) is 6.61 Å². The Morgan fingerprint density at radius 2 is 1.86 bits per heavy atom. The first-order chi connectivity index (χ1) is 10.2. The van der Waals surface area contributed by atoms with E-state index >= 15 is 0 Å². The van der Waals surface area contributed by atoms with E-state index in [4.69, 9.17) is 9.57 Å². The summed E-state index contributed by atoms with van der Waals surface area (Å²) >= 11 is 0. The van der Waals surface area contributed by atoms with Crippen LogP contribution in [0.5, 0.6) is 0 Å². The van der Waals surface area contributed by atoms with E-state index in [9.17, 15) is 14.4 Å². The predicted molar refractivity (Wildman–Crippen MR) is 82.6 cm³/mol. The van der Waals surface area contributed by atoms with Crippen molar-refractivity contribution in [3.05, 3.63) is 0 Å². The minimum atomic E-state index is -0.608. The second-order valence-corrected chi connectivity index (χ2v) is 6.57. The van der Waals surface area contributed by atoms with Gasteiger partial charge in [0, 0.05) is 13.0 Å². The molecular weight excluding hydrogens is 286 g/mol. The molecule has 0 bridgehead atoms. The van der Waals surface area contributed by atoms with Crippen LogP contribution in [0.4, 0.5) is 0 Å². The SMILES string of the molecule is CCCC(=O)N(C=O)OC(=O)CCC(C)OCCC(C)(C)C. The van der Waals surface area contributed by atoms with Gasteiger partial charge in [-0.05, 0) is 31.6 Å². The average molecular weight is 315 g/mol. The van der Waals surface area contributed by atoms with E-state index in [1.54, 1.807) is 6.92 Å². The van der Waals surface area contributed by atoms with Gasteiger partial charge in [-0.15, -0.1) is 5.06 Å². The molecule has 6 nitrogen and oxygen atoms in total. The Hall–Kier alpha value is -1.43. The molecule has 2 amide bonds. The quantitative estimate of drug-likeness (QED) is 0.483. The molecule has 0 aromatic heterocycles. The third-order valence-electron chi connectivity index (χ3n) is 3.01. The number of rotatable bonds is 9. The number of imide groups is 1. The van der Waals surface area contributed by atoms with Crippen molar-refractivity contribution in [1.82, 2.24) is 5.06 Å². The predicted octanol–water partition coefficient (Wildman–Crippen LogP) is 2.85. The molecule has 0 N–H and O–H groups in total. The van der Waals surface area contributed by atoms with Gasteiger partial charge in [-0.2, -0.15) is 0 Å². The van der Waals surface area contributed by atoms with Gasteiger partial charge < -0.3 is 9.57 Å². The molecule has 0 aromatic rings. The normalized spacial score (nSPS) is 12.6. The molecule has 0 aromatic carbocycles. The lowest BCUT2D eigenvalue weighted by Gasteiger charge is -2.20. The molecule has 0 spiro atoms. The van der Waals surface area contributed by atoms with Gasteiger partial charge in [0.2, 0.25) is 0 Å². The molecule has 128 valence electrons. The molecule has 1 atom stereocenters. The number of hydrogen-bond acceptors (Lipinski definition) is 5. The number of amides is 2. The van der Waals surface area contributed by atoms with Gasteiger partial charge in [-0.3, -0.25) is 9.59 Å². The Bertz CT molecular complexity index is 362. The van der Waals surface area contributed by atoms with Crippen molar-refractivity contribution >= 4 is 18.3 Å². The number of nitrogens with zero attached hydrogens (tertiary/aromatic N) is 1. The van der Waals surface area contributed by atoms with Gasteiger partial charge >= 0.3 is 5.97 Å². The van der Waals surface area contributed by atoms with E-state index in [-0.39, 0.29) is 30.8 Å². The fourth-order valence-electron chi connectivity index (χ4n) is 1.58. The van der Waals surface area contributed by atoms with Crippen LogP contribution in [-0.2, 0) is 24.0 Å². The number of ether oxygens (including phenoxy) is 1. The average Bonchev–Trinajstić information content (AvgIpc) is 2.41. The second kappa shape index (κ2) is 10.3. The minimum Gasteiger partial charge on any atom is -0.378 e. The first kappa shape index (κ1) is 20.6. The summed E-state index contributed by atoms with van der Waals surface area (Å²) in [6.07, 6.45) is 2.41. The number of hydrogen-bond donors (Lipinski definition) is 0. The fourth-order valence-corrected chi connectivity index (χ4v) is 1.58. The van der Waals surface area contributed by atoms with E-state index in [0.717, 1.165) is 6.42 Å². The Morgan fingerprint density at radius 1 is 1.23 bits per heavy atom. The summed E-state index contributed by atoms with van der Waals surface area (Å²) in [7, 11) is 0. The minimum absolute atomic E-state index is 0.0778. The van der Waals surface area contributed by atoms with E-state index in [0.29, 0.717) is 24.5 Å². The topological polar surface area (TPSA) is 72.9 Å². The lowest BCUT2D eigenvalue weighted by molar-refractivity contribution is -0.197. The van der Waals surface area contributed by atoms with Crippen LogP contribution >= 0.6 is 0 Å². The van der Waals surface area contributed by atoms with Gasteiger partial charge in [0.1, 0.15) is 0 Å². The zero-order valence-corrected chi connectivity index (χ0v) is 14.4. The number of carbonyl (C=O) groups is 3. The lowest BCUT2D eigenvalue weighted by Crippen LogP contribution is -2.32. The highest BCUT2D eigenvalue weighted by Gasteiger charge is 2.18. The molecule has 6 heteroatoms. The smallest absolute Gasteiger partial charge is 0.333 e. The molecule has 0 aliphatic heterocycles. The van der Waals surface area contributed by atoms with Gasteiger partial charge in [0.15, 0.2) is 0 Å². The molecule has 0 saturated carbocycles. The summed E-state index contributed by atoms with van der Waals surface area (Å²) in [5.41, 5.74) is 0.211. The lowest BCUT2D eigenvalue weighted by atomic mass is 9.93. The molecule has 0 heterocycles. The van der Waals surface area contributed by atoms with Crippen LogP contribution in [-0.4, -0.2) is 36.1 Å². The first-order valence-electron chi connectivity index (χ1n) is 7.79. The van der Waals surface area contributed by atoms with Crippen LogP contribution in [0.3, 0.4) is 0 Å². The van der Waals surface area contributed by atoms with Crippen LogP contribution in [0.1, 0.15) is 66.7 Å². The number of carbonyl (C=O) groups excluding carboxylic acids is 3. The molecule has 22 heavy (non-hydrogen) atoms. The third kappa shape index (κ3) is 10.3. The van der Waals surface area contributed by atoms with Crippen LogP contribution in [0.25, 0.3) is 0 Å². The monoisotopic (exact) mass is 315 g/mol. The molecular formula is C16H29NO5. The van der Waals surface area contributed by atoms with Crippen LogP contribution in [0, 0.1) is 5.41 Å². The molecule has 0 aliphatic carbocycles. The fraction of sp³-hybridized carbons (Fsp3) is 0.812. The van der Waals surface area contributed by atoms with E-state index < -0.39 is 11.9 Å². The number of hydroxylamine groups is 2. The highest BCUT2D eigenvalue weighted by molar-refractivity contribution is 5.86. The molecule has 0 radical (unpaired) electrons. The van der Waals surface area contributed by atoms with E-state index in [1.807, 2.05) is 6.92 Å². The Morgan fingerprint density at radius 3 is 2.36 bits per heavy atom. The van der Waals surface area contributed by atoms with Gasteiger partial charge in [-0.1, -0.05) is 27.7 Å². The highest BCUT2D eigenvalue weighted by atomic mass is 16.7. The standard InChI is InChI=1S/C16H29NO5/c1-6-7-14(19)17(12-18)22-15(20)9-8-13(2)21-11-10-16(3,4)5/h12-13H,6-11H2,1-5H3. The summed E-state index contributed by atoms with van der Waals surface area (Å²) in [6.45, 7) is 10.7. The van der Waals surface area contributed by atoms with Crippen molar-refractivity contribution in [3.63, 3.8) is 0 Å². The van der Waals surface area contributed by atoms with Gasteiger partial charge in [0.25, 0.3) is 12.3 Å². The maximum atomic E-state index is 11.6. The summed E-state index contributed by atoms with van der Waals surface area (Å²) in [5.74, 6) is -1.12. The summed E-state index contributed by atoms with van der Waals surface area (Å²) in [6, 6.07) is 0.